The molecule has 1 aliphatic heterocycles. The highest BCUT2D eigenvalue weighted by Gasteiger charge is 2.49. The van der Waals surface area contributed by atoms with E-state index in [1.807, 2.05) is 6.92 Å². The summed E-state index contributed by atoms with van der Waals surface area (Å²) in [7, 11) is 1.27. The van der Waals surface area contributed by atoms with Gasteiger partial charge in [-0.3, -0.25) is 0 Å². The van der Waals surface area contributed by atoms with Crippen molar-refractivity contribution in [3.05, 3.63) is 0 Å². The Kier molecular flexibility index (Phi) is 3.14. The van der Waals surface area contributed by atoms with E-state index in [2.05, 4.69) is 0 Å². The van der Waals surface area contributed by atoms with Gasteiger partial charge >= 0.3 is 5.97 Å². The number of aliphatic hydroxyl groups is 1. The molecule has 0 bridgehead atoms. The Morgan fingerprint density at radius 1 is 1.57 bits per heavy atom. The predicted molar refractivity (Wildman–Crippen MR) is 47.7 cm³/mol. The minimum absolute atomic E-state index is 0.0374. The van der Waals surface area contributed by atoms with E-state index in [9.17, 15) is 9.90 Å². The Labute approximate surface area is 82.6 Å². The standard InChI is InChI=1S/C9H16O5/c1-5-6(2)14-9(13-3,8(11)12)4-7(5)10/h5-7,10H,4H2,1-3H3,(H,11,12). The zero-order chi connectivity index (χ0) is 10.9. The van der Waals surface area contributed by atoms with Crippen molar-refractivity contribution in [1.29, 1.82) is 0 Å². The van der Waals surface area contributed by atoms with E-state index in [1.165, 1.54) is 7.11 Å². The summed E-state index contributed by atoms with van der Waals surface area (Å²) in [5, 5.41) is 18.6. The largest absolute Gasteiger partial charge is 0.477 e. The summed E-state index contributed by atoms with van der Waals surface area (Å²) in [6.07, 6.45) is -1.09. The molecule has 1 heterocycles. The third kappa shape index (κ3) is 1.75. The summed E-state index contributed by atoms with van der Waals surface area (Å²) in [5.74, 6) is -2.97. The molecule has 1 fully saturated rings. The highest BCUT2D eigenvalue weighted by atomic mass is 16.7. The molecular formula is C9H16O5. The van der Waals surface area contributed by atoms with Crippen LogP contribution in [0.5, 0.6) is 0 Å². The second kappa shape index (κ2) is 3.84. The van der Waals surface area contributed by atoms with Crippen LogP contribution < -0.4 is 0 Å². The Morgan fingerprint density at radius 3 is 2.50 bits per heavy atom. The van der Waals surface area contributed by atoms with E-state index < -0.39 is 17.9 Å². The van der Waals surface area contributed by atoms with Crippen LogP contribution in [0.4, 0.5) is 0 Å². The molecule has 0 amide bonds. The van der Waals surface area contributed by atoms with Crippen molar-refractivity contribution >= 4 is 5.97 Å². The first kappa shape index (κ1) is 11.4. The molecule has 4 unspecified atom stereocenters. The van der Waals surface area contributed by atoms with Gasteiger partial charge in [0, 0.05) is 19.4 Å². The first-order chi connectivity index (χ1) is 6.43. The lowest BCUT2D eigenvalue weighted by Gasteiger charge is -2.41. The number of rotatable bonds is 2. The normalized spacial score (nSPS) is 43.6. The number of aliphatic carboxylic acids is 1. The number of aliphatic hydroxyl groups excluding tert-OH is 1. The van der Waals surface area contributed by atoms with Crippen molar-refractivity contribution in [1.82, 2.24) is 0 Å². The Morgan fingerprint density at radius 2 is 2.14 bits per heavy atom. The topological polar surface area (TPSA) is 76.0 Å². The SMILES string of the molecule is COC1(C(=O)O)CC(O)C(C)C(C)O1. The molecule has 5 nitrogen and oxygen atoms in total. The number of hydrogen-bond donors (Lipinski definition) is 2. The van der Waals surface area contributed by atoms with Crippen LogP contribution >= 0.6 is 0 Å². The van der Waals surface area contributed by atoms with E-state index >= 15 is 0 Å². The monoisotopic (exact) mass is 204 g/mol. The number of hydrogen-bond acceptors (Lipinski definition) is 4. The van der Waals surface area contributed by atoms with Crippen molar-refractivity contribution in [3.63, 3.8) is 0 Å². The van der Waals surface area contributed by atoms with Crippen LogP contribution in [0.3, 0.4) is 0 Å². The lowest BCUT2D eigenvalue weighted by molar-refractivity contribution is -0.289. The predicted octanol–water partition coefficient (Wildman–Crippen LogP) is 0.219. The summed E-state index contributed by atoms with van der Waals surface area (Å²) >= 11 is 0. The zero-order valence-electron chi connectivity index (χ0n) is 8.56. The number of carbonyl (C=O) groups is 1. The van der Waals surface area contributed by atoms with Crippen LogP contribution in [0, 0.1) is 5.92 Å². The molecule has 2 N–H and O–H groups in total. The third-order valence-electron chi connectivity index (χ3n) is 2.86. The van der Waals surface area contributed by atoms with Crippen LogP contribution in [0.1, 0.15) is 20.3 Å². The van der Waals surface area contributed by atoms with Gasteiger partial charge in [0.1, 0.15) is 0 Å². The van der Waals surface area contributed by atoms with Crippen LogP contribution in [-0.2, 0) is 14.3 Å². The molecule has 82 valence electrons. The quantitative estimate of drug-likeness (QED) is 0.673. The van der Waals surface area contributed by atoms with Crippen molar-refractivity contribution < 1.29 is 24.5 Å². The Balaban J connectivity index is 2.86. The van der Waals surface area contributed by atoms with Crippen LogP contribution in [0.15, 0.2) is 0 Å². The van der Waals surface area contributed by atoms with Gasteiger partial charge in [0.25, 0.3) is 5.79 Å². The first-order valence-electron chi connectivity index (χ1n) is 4.57. The van der Waals surface area contributed by atoms with E-state index in [4.69, 9.17) is 14.6 Å². The number of carboxylic acid groups (broad SMARTS) is 1. The summed E-state index contributed by atoms with van der Waals surface area (Å²) in [6, 6.07) is 0. The summed E-state index contributed by atoms with van der Waals surface area (Å²) in [4.78, 5) is 10.9. The van der Waals surface area contributed by atoms with Crippen LogP contribution in [-0.4, -0.2) is 41.3 Å². The Bertz CT molecular complexity index is 215. The maximum Gasteiger partial charge on any atom is 0.364 e. The molecule has 0 aliphatic carbocycles. The second-order valence-corrected chi connectivity index (χ2v) is 3.72. The van der Waals surface area contributed by atoms with Gasteiger partial charge in [-0.2, -0.15) is 0 Å². The lowest BCUT2D eigenvalue weighted by Crippen LogP contribution is -2.55. The van der Waals surface area contributed by atoms with Crippen molar-refractivity contribution in [3.8, 4) is 0 Å². The van der Waals surface area contributed by atoms with Crippen molar-refractivity contribution in [2.24, 2.45) is 5.92 Å². The molecule has 0 aromatic heterocycles. The molecule has 1 saturated heterocycles. The van der Waals surface area contributed by atoms with Gasteiger partial charge in [-0.05, 0) is 6.92 Å². The van der Waals surface area contributed by atoms with Gasteiger partial charge in [-0.15, -0.1) is 0 Å². The molecule has 1 aliphatic rings. The number of methoxy groups -OCH3 is 1. The van der Waals surface area contributed by atoms with Crippen LogP contribution in [0.2, 0.25) is 0 Å². The maximum atomic E-state index is 10.9. The smallest absolute Gasteiger partial charge is 0.364 e. The molecule has 4 atom stereocenters. The average molecular weight is 204 g/mol. The van der Waals surface area contributed by atoms with Gasteiger partial charge in [0.2, 0.25) is 0 Å². The molecule has 0 radical (unpaired) electrons. The molecule has 14 heavy (non-hydrogen) atoms. The van der Waals surface area contributed by atoms with Crippen molar-refractivity contribution in [2.75, 3.05) is 7.11 Å². The molecule has 0 aromatic carbocycles. The molecule has 0 aromatic rings. The van der Waals surface area contributed by atoms with Crippen molar-refractivity contribution in [2.45, 2.75) is 38.3 Å². The minimum atomic E-state index is -1.69. The molecular weight excluding hydrogens is 188 g/mol. The average Bonchev–Trinajstić information content (AvgIpc) is 2.13. The van der Waals surface area contributed by atoms with Gasteiger partial charge in [-0.1, -0.05) is 6.92 Å². The third-order valence-corrected chi connectivity index (χ3v) is 2.86. The minimum Gasteiger partial charge on any atom is -0.477 e. The number of carboxylic acids is 1. The summed E-state index contributed by atoms with van der Waals surface area (Å²) in [5.41, 5.74) is 0. The molecule has 0 saturated carbocycles. The number of ether oxygens (including phenoxy) is 2. The first-order valence-corrected chi connectivity index (χ1v) is 4.57. The highest BCUT2D eigenvalue weighted by molar-refractivity contribution is 5.75. The fraction of sp³-hybridized carbons (Fsp3) is 0.889. The summed E-state index contributed by atoms with van der Waals surface area (Å²) < 4.78 is 10.1. The van der Waals surface area contributed by atoms with Gasteiger partial charge in [-0.25, -0.2) is 4.79 Å². The summed E-state index contributed by atoms with van der Waals surface area (Å²) in [6.45, 7) is 3.54. The fourth-order valence-electron chi connectivity index (χ4n) is 1.59. The Hall–Kier alpha value is -0.650. The van der Waals surface area contributed by atoms with Gasteiger partial charge in [0.15, 0.2) is 0 Å². The second-order valence-electron chi connectivity index (χ2n) is 3.72. The molecule has 1 rings (SSSR count). The fourth-order valence-corrected chi connectivity index (χ4v) is 1.59. The zero-order valence-corrected chi connectivity index (χ0v) is 8.56. The van der Waals surface area contributed by atoms with E-state index in [-0.39, 0.29) is 18.4 Å². The van der Waals surface area contributed by atoms with Crippen LogP contribution in [0.25, 0.3) is 0 Å². The molecule has 0 spiro atoms. The van der Waals surface area contributed by atoms with Gasteiger partial charge < -0.3 is 19.7 Å². The lowest BCUT2D eigenvalue weighted by atomic mass is 9.89. The highest BCUT2D eigenvalue weighted by Crippen LogP contribution is 2.33. The van der Waals surface area contributed by atoms with Gasteiger partial charge in [0.05, 0.1) is 12.2 Å². The van der Waals surface area contributed by atoms with E-state index in [0.29, 0.717) is 0 Å². The molecule has 5 heteroatoms. The van der Waals surface area contributed by atoms with E-state index in [0.717, 1.165) is 0 Å². The van der Waals surface area contributed by atoms with E-state index in [1.54, 1.807) is 6.92 Å². The maximum absolute atomic E-state index is 10.9.